The van der Waals surface area contributed by atoms with Crippen LogP contribution in [0.5, 0.6) is 0 Å². The molecule has 0 fully saturated rings. The van der Waals surface area contributed by atoms with E-state index in [2.05, 4.69) is 6.58 Å². The second-order valence-corrected chi connectivity index (χ2v) is 4.74. The normalized spacial score (nSPS) is 9.38. The molecule has 0 amide bonds. The molecule has 26 heavy (non-hydrogen) atoms. The zero-order valence-electron chi connectivity index (χ0n) is 13.2. The van der Waals surface area contributed by atoms with Gasteiger partial charge in [-0.1, -0.05) is 36.9 Å². The van der Waals surface area contributed by atoms with Crippen molar-refractivity contribution in [1.82, 2.24) is 0 Å². The first-order valence-electron chi connectivity index (χ1n) is 6.98. The maximum atomic E-state index is 10.8. The molecule has 0 aliphatic rings. The van der Waals surface area contributed by atoms with Crippen LogP contribution in [0.1, 0.15) is 47.0 Å². The van der Waals surface area contributed by atoms with E-state index in [-0.39, 0.29) is 22.3 Å². The van der Waals surface area contributed by atoms with Crippen LogP contribution in [-0.2, 0) is 0 Å². The van der Waals surface area contributed by atoms with Crippen LogP contribution in [-0.4, -0.2) is 44.3 Å². The molecule has 0 aliphatic carbocycles. The summed E-state index contributed by atoms with van der Waals surface area (Å²) in [6.07, 6.45) is 1.32. The predicted molar refractivity (Wildman–Crippen MR) is 90.8 cm³/mol. The van der Waals surface area contributed by atoms with E-state index in [0.717, 1.165) is 0 Å². The van der Waals surface area contributed by atoms with Gasteiger partial charge in [-0.25, -0.2) is 19.2 Å². The fraction of sp³-hybridized carbons (Fsp3) is 0. The summed E-state index contributed by atoms with van der Waals surface area (Å²) in [4.78, 5) is 42.4. The van der Waals surface area contributed by atoms with Crippen LogP contribution in [0.3, 0.4) is 0 Å². The zero-order valence-corrected chi connectivity index (χ0v) is 13.2. The highest BCUT2D eigenvalue weighted by molar-refractivity contribution is 6.04. The van der Waals surface area contributed by atoms with E-state index in [1.807, 2.05) is 0 Å². The number of aromatic carboxylic acids is 4. The van der Waals surface area contributed by atoms with Gasteiger partial charge in [0, 0.05) is 0 Å². The third-order valence-electron chi connectivity index (χ3n) is 3.15. The third-order valence-corrected chi connectivity index (χ3v) is 3.15. The first kappa shape index (κ1) is 20.1. The van der Waals surface area contributed by atoms with Gasteiger partial charge >= 0.3 is 23.9 Å². The molecule has 0 heterocycles. The lowest BCUT2D eigenvalue weighted by atomic mass is 10.0. The van der Waals surface area contributed by atoms with E-state index in [0.29, 0.717) is 5.56 Å². The summed E-state index contributed by atoms with van der Waals surface area (Å²) in [7, 11) is 0. The summed E-state index contributed by atoms with van der Waals surface area (Å²) < 4.78 is 0. The molecule has 0 saturated heterocycles. The standard InChI is InChI=1S/C10H8O4.C8H6O4/c1-2-6-4-3-5-7(9(11)12)8(6)10(13)14;9-7(10)5-3-1-2-4-6(5)8(11)12/h2-5H,1H2,(H,11,12)(H,13,14);1-4H,(H,9,10)(H,11,12). The van der Waals surface area contributed by atoms with Crippen LogP contribution in [0, 0.1) is 0 Å². The molecule has 2 aromatic rings. The van der Waals surface area contributed by atoms with Crippen LogP contribution in [0.2, 0.25) is 0 Å². The summed E-state index contributed by atoms with van der Waals surface area (Å²) in [5.74, 6) is -4.98. The van der Waals surface area contributed by atoms with Crippen LogP contribution in [0.15, 0.2) is 49.0 Å². The molecule has 0 unspecified atom stereocenters. The van der Waals surface area contributed by atoms with E-state index in [9.17, 15) is 19.2 Å². The number of carbonyl (C=O) groups is 4. The van der Waals surface area contributed by atoms with Gasteiger partial charge in [-0.3, -0.25) is 0 Å². The second kappa shape index (κ2) is 8.78. The molecule has 0 radical (unpaired) electrons. The molecule has 2 rings (SSSR count). The largest absolute Gasteiger partial charge is 0.478 e. The highest BCUT2D eigenvalue weighted by Crippen LogP contribution is 2.16. The maximum Gasteiger partial charge on any atom is 0.337 e. The summed E-state index contributed by atoms with van der Waals surface area (Å²) in [5, 5.41) is 34.7. The number of rotatable bonds is 5. The Hall–Kier alpha value is -3.94. The molecule has 4 N–H and O–H groups in total. The van der Waals surface area contributed by atoms with Crippen molar-refractivity contribution in [2.45, 2.75) is 0 Å². The summed E-state index contributed by atoms with van der Waals surface area (Å²) in [6, 6.07) is 9.71. The van der Waals surface area contributed by atoms with Gasteiger partial charge in [-0.15, -0.1) is 0 Å². The summed E-state index contributed by atoms with van der Waals surface area (Å²) >= 11 is 0. The SMILES string of the molecule is C=Cc1cccc(C(=O)O)c1C(=O)O.O=C(O)c1ccccc1C(=O)O. The Morgan fingerprint density at radius 3 is 1.42 bits per heavy atom. The Morgan fingerprint density at radius 1 is 0.654 bits per heavy atom. The van der Waals surface area contributed by atoms with Crippen molar-refractivity contribution in [3.63, 3.8) is 0 Å². The van der Waals surface area contributed by atoms with Crippen molar-refractivity contribution in [1.29, 1.82) is 0 Å². The van der Waals surface area contributed by atoms with Crippen molar-refractivity contribution >= 4 is 30.0 Å². The van der Waals surface area contributed by atoms with Crippen LogP contribution in [0.4, 0.5) is 0 Å². The average molecular weight is 358 g/mol. The van der Waals surface area contributed by atoms with E-state index < -0.39 is 23.9 Å². The molecule has 0 atom stereocenters. The highest BCUT2D eigenvalue weighted by atomic mass is 16.4. The van der Waals surface area contributed by atoms with Crippen molar-refractivity contribution < 1.29 is 39.6 Å². The van der Waals surface area contributed by atoms with Gasteiger partial charge < -0.3 is 20.4 Å². The molecule has 2 aromatic carbocycles. The zero-order chi connectivity index (χ0) is 19.9. The summed E-state index contributed by atoms with van der Waals surface area (Å²) in [6.45, 7) is 3.42. The minimum atomic E-state index is -1.27. The number of hydrogen-bond acceptors (Lipinski definition) is 4. The van der Waals surface area contributed by atoms with Crippen molar-refractivity contribution in [3.8, 4) is 0 Å². The van der Waals surface area contributed by atoms with Gasteiger partial charge in [0.15, 0.2) is 0 Å². The molecular formula is C18H14O8. The fourth-order valence-corrected chi connectivity index (χ4v) is 2.01. The first-order valence-corrected chi connectivity index (χ1v) is 6.98. The molecule has 0 spiro atoms. The molecule has 134 valence electrons. The Labute approximate surface area is 147 Å². The lowest BCUT2D eigenvalue weighted by Crippen LogP contribution is -2.09. The number of carboxylic acids is 4. The Bertz CT molecular complexity index is 850. The molecule has 0 aromatic heterocycles. The van der Waals surface area contributed by atoms with Gasteiger partial charge in [0.25, 0.3) is 0 Å². The Kier molecular flexibility index (Phi) is 6.79. The minimum absolute atomic E-state index is 0.190. The second-order valence-electron chi connectivity index (χ2n) is 4.74. The van der Waals surface area contributed by atoms with E-state index in [1.54, 1.807) is 0 Å². The van der Waals surface area contributed by atoms with Crippen molar-refractivity contribution in [2.24, 2.45) is 0 Å². The smallest absolute Gasteiger partial charge is 0.337 e. The maximum absolute atomic E-state index is 10.8. The Morgan fingerprint density at radius 2 is 1.08 bits per heavy atom. The lowest BCUT2D eigenvalue weighted by molar-refractivity contribution is 0.0651. The van der Waals surface area contributed by atoms with Crippen LogP contribution in [0.25, 0.3) is 6.08 Å². The van der Waals surface area contributed by atoms with Crippen LogP contribution >= 0.6 is 0 Å². The fourth-order valence-electron chi connectivity index (χ4n) is 2.01. The Balaban J connectivity index is 0.000000263. The van der Waals surface area contributed by atoms with Crippen molar-refractivity contribution in [3.05, 3.63) is 76.9 Å². The molecule has 0 aliphatic heterocycles. The number of hydrogen-bond donors (Lipinski definition) is 4. The molecule has 0 bridgehead atoms. The monoisotopic (exact) mass is 358 g/mol. The quantitative estimate of drug-likeness (QED) is 0.637. The highest BCUT2D eigenvalue weighted by Gasteiger charge is 2.18. The van der Waals surface area contributed by atoms with Gasteiger partial charge in [0.1, 0.15) is 0 Å². The van der Waals surface area contributed by atoms with Gasteiger partial charge in [0.2, 0.25) is 0 Å². The van der Waals surface area contributed by atoms with E-state index in [1.165, 1.54) is 48.5 Å². The van der Waals surface area contributed by atoms with Gasteiger partial charge in [-0.2, -0.15) is 0 Å². The topological polar surface area (TPSA) is 149 Å². The molecule has 8 heteroatoms. The number of benzene rings is 2. The lowest BCUT2D eigenvalue weighted by Gasteiger charge is -2.04. The van der Waals surface area contributed by atoms with Crippen LogP contribution < -0.4 is 0 Å². The van der Waals surface area contributed by atoms with Gasteiger partial charge in [0.05, 0.1) is 22.3 Å². The van der Waals surface area contributed by atoms with E-state index >= 15 is 0 Å². The third kappa shape index (κ3) is 4.78. The average Bonchev–Trinajstić information content (AvgIpc) is 2.61. The first-order chi connectivity index (χ1) is 12.2. The molecular weight excluding hydrogens is 344 g/mol. The minimum Gasteiger partial charge on any atom is -0.478 e. The van der Waals surface area contributed by atoms with E-state index in [4.69, 9.17) is 20.4 Å². The van der Waals surface area contributed by atoms with Gasteiger partial charge in [-0.05, 0) is 23.8 Å². The predicted octanol–water partition coefficient (Wildman–Crippen LogP) is 2.81. The summed E-state index contributed by atoms with van der Waals surface area (Å²) in [5.41, 5.74) is -0.530. The number of carboxylic acid groups (broad SMARTS) is 4. The molecule has 0 saturated carbocycles. The molecule has 8 nitrogen and oxygen atoms in total. The van der Waals surface area contributed by atoms with Crippen molar-refractivity contribution in [2.75, 3.05) is 0 Å².